The van der Waals surface area contributed by atoms with Crippen LogP contribution in [0.2, 0.25) is 0 Å². The van der Waals surface area contributed by atoms with E-state index in [2.05, 4.69) is 39.7 Å². The lowest BCUT2D eigenvalue weighted by Gasteiger charge is -2.13. The summed E-state index contributed by atoms with van der Waals surface area (Å²) in [6.07, 6.45) is 2.68. The molecule has 0 aliphatic carbocycles. The molecule has 0 atom stereocenters. The first-order chi connectivity index (χ1) is 18.9. The van der Waals surface area contributed by atoms with Gasteiger partial charge in [0.15, 0.2) is 5.75 Å². The normalized spacial score (nSPS) is 10.7. The highest BCUT2D eigenvalue weighted by molar-refractivity contribution is 14.1. The minimum absolute atomic E-state index is 0.125. The number of carbonyl (C=O) groups is 2. The molecule has 0 spiro atoms. The summed E-state index contributed by atoms with van der Waals surface area (Å²) in [4.78, 5) is 25.0. The van der Waals surface area contributed by atoms with E-state index in [9.17, 15) is 9.59 Å². The van der Waals surface area contributed by atoms with E-state index in [4.69, 9.17) is 42.2 Å². The number of rotatable bonds is 13. The molecule has 0 saturated carbocycles. The molecule has 0 radical (unpaired) electrons. The van der Waals surface area contributed by atoms with Gasteiger partial charge in [-0.1, -0.05) is 11.8 Å². The van der Waals surface area contributed by atoms with Crippen molar-refractivity contribution in [1.82, 2.24) is 5.32 Å². The number of benzene rings is 2. The molecule has 2 aromatic carbocycles. The lowest BCUT2D eigenvalue weighted by atomic mass is 10.1. The maximum atomic E-state index is 12.8. The van der Waals surface area contributed by atoms with Gasteiger partial charge in [-0.05, 0) is 78.3 Å². The van der Waals surface area contributed by atoms with Crippen molar-refractivity contribution in [2.45, 2.75) is 39.0 Å². The summed E-state index contributed by atoms with van der Waals surface area (Å²) in [5.74, 6) is 8.15. The highest BCUT2D eigenvalue weighted by atomic mass is 127. The van der Waals surface area contributed by atoms with Crippen LogP contribution in [-0.4, -0.2) is 48.5 Å². The third-order valence-corrected chi connectivity index (χ3v) is 6.87. The van der Waals surface area contributed by atoms with E-state index in [0.717, 1.165) is 15.6 Å². The number of amides is 1. The maximum Gasteiger partial charge on any atom is 0.342 e. The number of nitrogens with one attached hydrogen (secondary N) is 1. The molecule has 3 rings (SSSR count). The van der Waals surface area contributed by atoms with Gasteiger partial charge in [-0.3, -0.25) is 4.79 Å². The Morgan fingerprint density at radius 3 is 2.67 bits per heavy atom. The van der Waals surface area contributed by atoms with Crippen LogP contribution in [0.25, 0.3) is 11.0 Å². The molecule has 7 nitrogen and oxygen atoms in total. The van der Waals surface area contributed by atoms with E-state index < -0.39 is 5.97 Å². The Morgan fingerprint density at radius 1 is 1.15 bits per heavy atom. The van der Waals surface area contributed by atoms with Crippen molar-refractivity contribution in [2.75, 3.05) is 31.5 Å². The quantitative estimate of drug-likeness (QED) is 0.0732. The number of hydrogen-bond acceptors (Lipinski definition) is 6. The number of furan rings is 1. The number of aliphatic hydroxyl groups is 1. The Morgan fingerprint density at radius 2 is 1.95 bits per heavy atom. The third kappa shape index (κ3) is 8.77. The second-order valence-electron chi connectivity index (χ2n) is 8.47. The van der Waals surface area contributed by atoms with Crippen LogP contribution in [0.4, 0.5) is 0 Å². The lowest BCUT2D eigenvalue weighted by Crippen LogP contribution is -2.27. The van der Waals surface area contributed by atoms with Gasteiger partial charge in [-0.25, -0.2) is 4.79 Å². The number of unbranched alkanes of at least 4 members (excludes halogenated alkanes) is 1. The number of aliphatic hydroxyl groups excluding tert-OH is 1. The van der Waals surface area contributed by atoms with E-state index in [1.54, 1.807) is 25.1 Å². The standard InChI is InChI=1S/C29H30Cl2INO6/c1-2-37-29(36)27-22-18-21(9-10-24(22)39-25(27)8-6-12-31)38-28-20(7-4-3-5-11-30)15-19(16-23(28)32)17-26(35)33-13-14-34/h9-10,15-16,18,34H,2-3,5-6,8,11-14,17H2,1H3,(H,33,35). The molecule has 0 fully saturated rings. The van der Waals surface area contributed by atoms with Gasteiger partial charge in [0.1, 0.15) is 22.7 Å². The zero-order valence-corrected chi connectivity index (χ0v) is 25.2. The molecule has 0 bridgehead atoms. The van der Waals surface area contributed by atoms with Gasteiger partial charge < -0.3 is 24.3 Å². The van der Waals surface area contributed by atoms with Crippen molar-refractivity contribution < 1.29 is 28.6 Å². The van der Waals surface area contributed by atoms with Crippen molar-refractivity contribution in [1.29, 1.82) is 0 Å². The van der Waals surface area contributed by atoms with Crippen LogP contribution in [-0.2, 0) is 22.4 Å². The predicted octanol–water partition coefficient (Wildman–Crippen LogP) is 6.20. The monoisotopic (exact) mass is 685 g/mol. The van der Waals surface area contributed by atoms with Gasteiger partial charge >= 0.3 is 5.97 Å². The Labute approximate surface area is 251 Å². The first-order valence-corrected chi connectivity index (χ1v) is 14.8. The molecule has 0 unspecified atom stereocenters. The molecule has 3 aromatic rings. The fourth-order valence-electron chi connectivity index (χ4n) is 3.84. The van der Waals surface area contributed by atoms with E-state index in [0.29, 0.717) is 70.4 Å². The van der Waals surface area contributed by atoms with E-state index in [1.165, 1.54) is 0 Å². The highest BCUT2D eigenvalue weighted by Gasteiger charge is 2.23. The van der Waals surface area contributed by atoms with Gasteiger partial charge in [-0.15, -0.1) is 23.2 Å². The van der Waals surface area contributed by atoms with Crippen molar-refractivity contribution in [3.8, 4) is 23.3 Å². The molecule has 10 heteroatoms. The van der Waals surface area contributed by atoms with Gasteiger partial charge in [0.25, 0.3) is 0 Å². The Bertz CT molecular complexity index is 1360. The second-order valence-corrected chi connectivity index (χ2v) is 10.4. The van der Waals surface area contributed by atoms with Gasteiger partial charge in [-0.2, -0.15) is 0 Å². The number of ether oxygens (including phenoxy) is 2. The molecule has 0 aliphatic rings. The lowest BCUT2D eigenvalue weighted by molar-refractivity contribution is -0.120. The highest BCUT2D eigenvalue weighted by Crippen LogP contribution is 2.36. The van der Waals surface area contributed by atoms with Crippen LogP contribution in [0.15, 0.2) is 34.7 Å². The molecule has 208 valence electrons. The summed E-state index contributed by atoms with van der Waals surface area (Å²) in [7, 11) is 0. The first-order valence-electron chi connectivity index (χ1n) is 12.6. The topological polar surface area (TPSA) is 98.0 Å². The summed E-state index contributed by atoms with van der Waals surface area (Å²) in [5.41, 5.74) is 2.32. The molecule has 1 aromatic heterocycles. The smallest absolute Gasteiger partial charge is 0.342 e. The maximum absolute atomic E-state index is 12.8. The number of hydrogen-bond donors (Lipinski definition) is 2. The summed E-state index contributed by atoms with van der Waals surface area (Å²) in [6, 6.07) is 8.98. The zero-order valence-electron chi connectivity index (χ0n) is 21.6. The molecular formula is C29H30Cl2INO6. The van der Waals surface area contributed by atoms with Crippen LogP contribution in [0.1, 0.15) is 53.4 Å². The average Bonchev–Trinajstić information content (AvgIpc) is 3.28. The summed E-state index contributed by atoms with van der Waals surface area (Å²) >= 11 is 13.8. The summed E-state index contributed by atoms with van der Waals surface area (Å²) < 4.78 is 18.4. The molecule has 39 heavy (non-hydrogen) atoms. The molecule has 0 aliphatic heterocycles. The van der Waals surface area contributed by atoms with Gasteiger partial charge in [0, 0.05) is 36.5 Å². The molecule has 0 saturated heterocycles. The van der Waals surface area contributed by atoms with Crippen LogP contribution in [0.5, 0.6) is 11.5 Å². The number of alkyl halides is 2. The van der Waals surface area contributed by atoms with Crippen molar-refractivity contribution in [2.24, 2.45) is 0 Å². The number of halogens is 3. The van der Waals surface area contributed by atoms with Gasteiger partial charge in [0.05, 0.1) is 28.8 Å². The Balaban J connectivity index is 2.01. The fraction of sp³-hybridized carbons (Fsp3) is 0.379. The minimum atomic E-state index is -0.456. The number of fused-ring (bicyclic) bond motifs is 1. The van der Waals surface area contributed by atoms with Crippen molar-refractivity contribution >= 4 is 68.6 Å². The number of esters is 1. The van der Waals surface area contributed by atoms with E-state index in [-0.39, 0.29) is 32.1 Å². The first kappa shape index (κ1) is 31.1. The molecule has 1 amide bonds. The largest absolute Gasteiger partial charge is 0.462 e. The average molecular weight is 686 g/mol. The summed E-state index contributed by atoms with van der Waals surface area (Å²) in [6.45, 7) is 2.07. The van der Waals surface area contributed by atoms with Crippen LogP contribution in [0, 0.1) is 15.4 Å². The number of aryl methyl sites for hydroxylation is 1. The predicted molar refractivity (Wildman–Crippen MR) is 161 cm³/mol. The minimum Gasteiger partial charge on any atom is -0.462 e. The second kappa shape index (κ2) is 16.0. The van der Waals surface area contributed by atoms with Crippen LogP contribution < -0.4 is 10.1 Å². The molecule has 1 heterocycles. The molecule has 2 N–H and O–H groups in total. The SMILES string of the molecule is CCOC(=O)c1c(CCCCl)oc2ccc(Oc3c(I)cc(CC(=O)NCCO)cc3C#CCCCCl)cc12. The van der Waals surface area contributed by atoms with E-state index in [1.807, 2.05) is 12.1 Å². The zero-order chi connectivity index (χ0) is 28.2. The Hall–Kier alpha value is -2.45. The summed E-state index contributed by atoms with van der Waals surface area (Å²) in [5, 5.41) is 12.2. The molecular weight excluding hydrogens is 656 g/mol. The van der Waals surface area contributed by atoms with Crippen molar-refractivity contribution in [3.05, 3.63) is 56.4 Å². The van der Waals surface area contributed by atoms with Crippen LogP contribution in [0.3, 0.4) is 0 Å². The van der Waals surface area contributed by atoms with E-state index >= 15 is 0 Å². The third-order valence-electron chi connectivity index (χ3n) is 5.53. The number of carbonyl (C=O) groups excluding carboxylic acids is 2. The van der Waals surface area contributed by atoms with Gasteiger partial charge in [0.2, 0.25) is 5.91 Å². The van der Waals surface area contributed by atoms with Crippen LogP contribution >= 0.6 is 45.8 Å². The Kier molecular flexibility index (Phi) is 12.7. The van der Waals surface area contributed by atoms with Crippen molar-refractivity contribution in [3.63, 3.8) is 0 Å². The fourth-order valence-corrected chi connectivity index (χ4v) is 4.91.